The summed E-state index contributed by atoms with van der Waals surface area (Å²) < 4.78 is 5.54. The number of rotatable bonds is 10. The number of carbonyl (C=O) groups excluding carboxylic acids is 1. The minimum Gasteiger partial charge on any atom is -0.481 e. The van der Waals surface area contributed by atoms with E-state index in [1.165, 1.54) is 5.56 Å². The van der Waals surface area contributed by atoms with Crippen molar-refractivity contribution in [2.45, 2.75) is 64.7 Å². The molecular weight excluding hydrogens is 380 g/mol. The Bertz CT molecular complexity index is 698. The molecule has 0 bridgehead atoms. The van der Waals surface area contributed by atoms with Gasteiger partial charge in [0.25, 0.3) is 0 Å². The van der Waals surface area contributed by atoms with Crippen LogP contribution in [0.2, 0.25) is 0 Å². The van der Waals surface area contributed by atoms with Crippen LogP contribution in [0.3, 0.4) is 0 Å². The summed E-state index contributed by atoms with van der Waals surface area (Å²) in [4.78, 5) is 25.9. The lowest BCUT2D eigenvalue weighted by Crippen LogP contribution is -2.41. The molecule has 6 nitrogen and oxygen atoms in total. The van der Waals surface area contributed by atoms with Gasteiger partial charge in [-0.2, -0.15) is 0 Å². The van der Waals surface area contributed by atoms with E-state index in [2.05, 4.69) is 44.2 Å². The number of benzene rings is 1. The molecule has 0 spiro atoms. The zero-order valence-corrected chi connectivity index (χ0v) is 18.9. The fourth-order valence-corrected chi connectivity index (χ4v) is 4.92. The molecule has 0 aliphatic heterocycles. The largest absolute Gasteiger partial charge is 0.481 e. The van der Waals surface area contributed by atoms with Crippen LogP contribution in [0.5, 0.6) is 5.75 Å². The van der Waals surface area contributed by atoms with E-state index in [1.807, 2.05) is 12.1 Å². The van der Waals surface area contributed by atoms with Gasteiger partial charge in [-0.25, -0.2) is 4.79 Å². The second-order valence-corrected chi connectivity index (χ2v) is 9.20. The number of ether oxygens (including phenoxy) is 1. The summed E-state index contributed by atoms with van der Waals surface area (Å²) in [6.45, 7) is 5.77. The smallest absolute Gasteiger partial charge is 0.412 e. The van der Waals surface area contributed by atoms with Crippen LogP contribution in [-0.4, -0.2) is 49.3 Å². The summed E-state index contributed by atoms with van der Waals surface area (Å²) in [6.07, 6.45) is 5.40. The number of aliphatic carboxylic acids is 1. The number of amides is 1. The molecule has 2 N–H and O–H groups in total. The van der Waals surface area contributed by atoms with E-state index in [-0.39, 0.29) is 11.8 Å². The Labute approximate surface area is 181 Å². The molecule has 1 aromatic rings. The standard InChI is InChI=1S/C24H38N2O4/c1-5-21(18(2)16-26(3)4)19-10-9-11-20(14-19)30-23(29)25-17-24(15-22(27)28)12-7-6-8-13-24/h9-11,14,18,21H,5-8,12-13,15-17H2,1-4H3,(H,25,29)(H,27,28). The maximum Gasteiger partial charge on any atom is 0.412 e. The van der Waals surface area contributed by atoms with Crippen LogP contribution >= 0.6 is 0 Å². The molecule has 1 aromatic carbocycles. The van der Waals surface area contributed by atoms with Gasteiger partial charge in [-0.05, 0) is 68.3 Å². The van der Waals surface area contributed by atoms with Crippen molar-refractivity contribution in [3.05, 3.63) is 29.8 Å². The highest BCUT2D eigenvalue weighted by Crippen LogP contribution is 2.39. The van der Waals surface area contributed by atoms with Crippen molar-refractivity contribution in [1.29, 1.82) is 0 Å². The van der Waals surface area contributed by atoms with Crippen LogP contribution in [0, 0.1) is 11.3 Å². The third kappa shape index (κ3) is 7.31. The molecule has 1 aliphatic rings. The van der Waals surface area contributed by atoms with E-state index in [4.69, 9.17) is 4.74 Å². The maximum atomic E-state index is 12.4. The van der Waals surface area contributed by atoms with E-state index in [0.29, 0.717) is 24.1 Å². The summed E-state index contributed by atoms with van der Waals surface area (Å²) >= 11 is 0. The van der Waals surface area contributed by atoms with Gasteiger partial charge in [0.2, 0.25) is 0 Å². The van der Waals surface area contributed by atoms with Gasteiger partial charge in [0.05, 0.1) is 6.42 Å². The molecule has 6 heteroatoms. The molecule has 0 radical (unpaired) electrons. The van der Waals surface area contributed by atoms with Gasteiger partial charge in [-0.3, -0.25) is 4.79 Å². The van der Waals surface area contributed by atoms with Crippen molar-refractivity contribution in [2.24, 2.45) is 11.3 Å². The van der Waals surface area contributed by atoms with Crippen molar-refractivity contribution in [3.8, 4) is 5.75 Å². The van der Waals surface area contributed by atoms with E-state index >= 15 is 0 Å². The fourth-order valence-electron chi connectivity index (χ4n) is 4.92. The predicted octanol–water partition coefficient (Wildman–Crippen LogP) is 4.89. The average Bonchev–Trinajstić information content (AvgIpc) is 2.67. The molecule has 168 valence electrons. The second kappa shape index (κ2) is 11.3. The predicted molar refractivity (Wildman–Crippen MR) is 119 cm³/mol. The number of hydrogen-bond acceptors (Lipinski definition) is 4. The Morgan fingerprint density at radius 2 is 1.93 bits per heavy atom. The molecule has 0 heterocycles. The van der Waals surface area contributed by atoms with Crippen molar-refractivity contribution < 1.29 is 19.4 Å². The van der Waals surface area contributed by atoms with Crippen molar-refractivity contribution in [3.63, 3.8) is 0 Å². The molecule has 30 heavy (non-hydrogen) atoms. The third-order valence-electron chi connectivity index (χ3n) is 6.32. The number of nitrogens with one attached hydrogen (secondary N) is 1. The quantitative estimate of drug-likeness (QED) is 0.565. The number of carboxylic acids is 1. The molecule has 1 saturated carbocycles. The Hall–Kier alpha value is -2.08. The maximum absolute atomic E-state index is 12.4. The Balaban J connectivity index is 1.99. The van der Waals surface area contributed by atoms with Crippen LogP contribution in [-0.2, 0) is 4.79 Å². The summed E-state index contributed by atoms with van der Waals surface area (Å²) in [7, 11) is 4.16. The number of nitrogens with zero attached hydrogens (tertiary/aromatic N) is 1. The van der Waals surface area contributed by atoms with Crippen LogP contribution < -0.4 is 10.1 Å². The topological polar surface area (TPSA) is 78.9 Å². The molecular formula is C24H38N2O4. The first-order valence-electron chi connectivity index (χ1n) is 11.2. The van der Waals surface area contributed by atoms with Gasteiger partial charge in [-0.15, -0.1) is 0 Å². The molecule has 1 fully saturated rings. The molecule has 1 aliphatic carbocycles. The fraction of sp³-hybridized carbons (Fsp3) is 0.667. The van der Waals surface area contributed by atoms with E-state index < -0.39 is 12.1 Å². The van der Waals surface area contributed by atoms with Crippen molar-refractivity contribution >= 4 is 12.1 Å². The van der Waals surface area contributed by atoms with Crippen LogP contribution in [0.1, 0.15) is 70.3 Å². The minimum atomic E-state index is -0.808. The zero-order chi connectivity index (χ0) is 22.1. The molecule has 2 unspecified atom stereocenters. The van der Waals surface area contributed by atoms with E-state index in [9.17, 15) is 14.7 Å². The highest BCUT2D eigenvalue weighted by molar-refractivity contribution is 5.71. The van der Waals surface area contributed by atoms with E-state index in [1.54, 1.807) is 6.07 Å². The van der Waals surface area contributed by atoms with Gasteiger partial charge in [0.1, 0.15) is 5.75 Å². The number of carboxylic acid groups (broad SMARTS) is 1. The molecule has 0 saturated heterocycles. The lowest BCUT2D eigenvalue weighted by molar-refractivity contribution is -0.140. The number of hydrogen-bond donors (Lipinski definition) is 2. The molecule has 0 aromatic heterocycles. The number of carbonyl (C=O) groups is 2. The third-order valence-corrected chi connectivity index (χ3v) is 6.32. The summed E-state index contributed by atoms with van der Waals surface area (Å²) in [5, 5.41) is 12.1. The first-order chi connectivity index (χ1) is 14.2. The molecule has 1 amide bonds. The first-order valence-corrected chi connectivity index (χ1v) is 11.2. The molecule has 2 rings (SSSR count). The van der Waals surface area contributed by atoms with Crippen molar-refractivity contribution in [1.82, 2.24) is 10.2 Å². The van der Waals surface area contributed by atoms with Crippen LogP contribution in [0.4, 0.5) is 4.79 Å². The summed E-state index contributed by atoms with van der Waals surface area (Å²) in [6, 6.07) is 7.76. The Kier molecular flexibility index (Phi) is 9.15. The monoisotopic (exact) mass is 418 g/mol. The van der Waals surface area contributed by atoms with Gasteiger partial charge >= 0.3 is 12.1 Å². The minimum absolute atomic E-state index is 0.0880. The zero-order valence-electron chi connectivity index (χ0n) is 18.9. The normalized spacial score (nSPS) is 17.9. The first kappa shape index (κ1) is 24.2. The highest BCUT2D eigenvalue weighted by Gasteiger charge is 2.35. The van der Waals surface area contributed by atoms with Crippen LogP contribution in [0.15, 0.2) is 24.3 Å². The SMILES string of the molecule is CCC(c1cccc(OC(=O)NCC2(CC(=O)O)CCCCC2)c1)C(C)CN(C)C. The van der Waals surface area contributed by atoms with E-state index in [0.717, 1.165) is 45.1 Å². The van der Waals surface area contributed by atoms with Gasteiger partial charge in [0, 0.05) is 13.1 Å². The summed E-state index contributed by atoms with van der Waals surface area (Å²) in [5.41, 5.74) is 0.812. The Morgan fingerprint density at radius 3 is 2.53 bits per heavy atom. The van der Waals surface area contributed by atoms with Gasteiger partial charge in [0.15, 0.2) is 0 Å². The second-order valence-electron chi connectivity index (χ2n) is 9.20. The van der Waals surface area contributed by atoms with Crippen molar-refractivity contribution in [2.75, 3.05) is 27.2 Å². The average molecular weight is 419 g/mol. The lowest BCUT2D eigenvalue weighted by Gasteiger charge is -2.36. The van der Waals surface area contributed by atoms with Gasteiger partial charge < -0.3 is 20.1 Å². The summed E-state index contributed by atoms with van der Waals surface area (Å²) in [5.74, 6) is 0.588. The molecule has 2 atom stereocenters. The van der Waals surface area contributed by atoms with Gasteiger partial charge in [-0.1, -0.05) is 45.2 Å². The lowest BCUT2D eigenvalue weighted by atomic mass is 9.72. The van der Waals surface area contributed by atoms with Crippen LogP contribution in [0.25, 0.3) is 0 Å². The Morgan fingerprint density at radius 1 is 1.23 bits per heavy atom. The highest BCUT2D eigenvalue weighted by atomic mass is 16.6.